The molecule has 0 bridgehead atoms. The molecule has 3 fully saturated rings. The van der Waals surface area contributed by atoms with E-state index >= 15 is 0 Å². The van der Waals surface area contributed by atoms with E-state index < -0.39 is 29.1 Å². The third-order valence-corrected chi connectivity index (χ3v) is 9.15. The minimum absolute atomic E-state index is 0.0734. The van der Waals surface area contributed by atoms with Gasteiger partial charge in [0.25, 0.3) is 0 Å². The highest BCUT2D eigenvalue weighted by atomic mass is 16.4. The van der Waals surface area contributed by atoms with Crippen molar-refractivity contribution in [3.05, 3.63) is 23.8 Å². The van der Waals surface area contributed by atoms with Crippen LogP contribution in [0.1, 0.15) is 59.3 Å². The quantitative estimate of drug-likeness (QED) is 0.707. The summed E-state index contributed by atoms with van der Waals surface area (Å²) in [5, 5.41) is 19.4. The zero-order valence-electron chi connectivity index (χ0n) is 17.6. The number of allylic oxidation sites excluding steroid dienone is 2. The zero-order valence-corrected chi connectivity index (χ0v) is 17.6. The molecule has 4 rings (SSSR count). The van der Waals surface area contributed by atoms with Crippen LogP contribution in [0.2, 0.25) is 0 Å². The number of carbonyl (C=O) groups excluding carboxylic acids is 2. The summed E-state index contributed by atoms with van der Waals surface area (Å²) >= 11 is 0. The van der Waals surface area contributed by atoms with Crippen molar-refractivity contribution in [1.29, 1.82) is 0 Å². The topological polar surface area (TPSA) is 91.7 Å². The van der Waals surface area contributed by atoms with Gasteiger partial charge in [-0.2, -0.15) is 0 Å². The van der Waals surface area contributed by atoms with Crippen molar-refractivity contribution in [3.63, 3.8) is 0 Å². The molecule has 0 aromatic rings. The van der Waals surface area contributed by atoms with E-state index in [0.29, 0.717) is 18.3 Å². The second-order valence-corrected chi connectivity index (χ2v) is 10.4. The molecule has 4 aliphatic carbocycles. The van der Waals surface area contributed by atoms with Crippen molar-refractivity contribution < 1.29 is 24.6 Å². The summed E-state index contributed by atoms with van der Waals surface area (Å²) in [5.74, 6) is -1.09. The summed E-state index contributed by atoms with van der Waals surface area (Å²) in [7, 11) is 0. The number of hydrogen-bond donors (Lipinski definition) is 2. The molecule has 0 heterocycles. The van der Waals surface area contributed by atoms with Crippen LogP contribution < -0.4 is 0 Å². The summed E-state index contributed by atoms with van der Waals surface area (Å²) in [6.07, 6.45) is 5.58. The number of hydrogen-bond acceptors (Lipinski definition) is 4. The maximum Gasteiger partial charge on any atom is 0.306 e. The standard InChI is InChI=1S/C24H32O5/c1-12-10-15-16-6-5-14(9-13(2)22(28)29)23(16,3)8-7-17(15)24(4)18(12)11-19(25)20(26)21(24)27/h11,13-17,19,25H,1,5-10H2,2-4H3,(H,28,29)/t13?,14-,15-,16-,17-,19?,23+,24+/m0/s1. The Morgan fingerprint density at radius 1 is 1.24 bits per heavy atom. The van der Waals surface area contributed by atoms with Gasteiger partial charge < -0.3 is 10.2 Å². The highest BCUT2D eigenvalue weighted by Crippen LogP contribution is 2.67. The summed E-state index contributed by atoms with van der Waals surface area (Å²) < 4.78 is 0. The van der Waals surface area contributed by atoms with Crippen molar-refractivity contribution in [2.24, 2.45) is 40.4 Å². The molecular formula is C24H32O5. The summed E-state index contributed by atoms with van der Waals surface area (Å²) in [4.78, 5) is 36.9. The van der Waals surface area contributed by atoms with Gasteiger partial charge in [0.2, 0.25) is 11.6 Å². The SMILES string of the molecule is C=C1C[C@@H]2[C@H](CC[C@]3(C)[C@H](CC(C)C(=O)O)CC[C@@H]23)[C@@]2(C)C(=O)C(=O)C(O)C=C12. The molecule has 0 radical (unpaired) electrons. The number of rotatable bonds is 3. The number of Topliss-reactive ketones (excluding diaryl/α,β-unsaturated/α-hetero) is 2. The molecule has 0 saturated heterocycles. The van der Waals surface area contributed by atoms with E-state index in [0.717, 1.165) is 43.3 Å². The number of fused-ring (bicyclic) bond motifs is 5. The molecule has 2 unspecified atom stereocenters. The average molecular weight is 401 g/mol. The van der Waals surface area contributed by atoms with Crippen LogP contribution in [0.25, 0.3) is 0 Å². The van der Waals surface area contributed by atoms with Crippen molar-refractivity contribution in [2.75, 3.05) is 0 Å². The Morgan fingerprint density at radius 3 is 2.59 bits per heavy atom. The lowest BCUT2D eigenvalue weighted by Gasteiger charge is -2.57. The smallest absolute Gasteiger partial charge is 0.306 e. The monoisotopic (exact) mass is 400 g/mol. The highest BCUT2D eigenvalue weighted by molar-refractivity contribution is 6.43. The van der Waals surface area contributed by atoms with Gasteiger partial charge in [0.1, 0.15) is 6.10 Å². The molecule has 5 nitrogen and oxygen atoms in total. The van der Waals surface area contributed by atoms with Crippen LogP contribution in [0.3, 0.4) is 0 Å². The minimum Gasteiger partial charge on any atom is -0.481 e. The molecule has 8 atom stereocenters. The van der Waals surface area contributed by atoms with Crippen molar-refractivity contribution in [2.45, 2.75) is 65.4 Å². The van der Waals surface area contributed by atoms with Crippen LogP contribution in [0.5, 0.6) is 0 Å². The summed E-state index contributed by atoms with van der Waals surface area (Å²) in [6.45, 7) is 10.2. The van der Waals surface area contributed by atoms with Gasteiger partial charge in [0.05, 0.1) is 11.3 Å². The fraction of sp³-hybridized carbons (Fsp3) is 0.708. The number of aliphatic carboxylic acids is 1. The Morgan fingerprint density at radius 2 is 1.93 bits per heavy atom. The fourth-order valence-electron chi connectivity index (χ4n) is 7.48. The van der Waals surface area contributed by atoms with Crippen molar-refractivity contribution >= 4 is 17.5 Å². The minimum atomic E-state index is -1.35. The van der Waals surface area contributed by atoms with E-state index in [9.17, 15) is 24.6 Å². The van der Waals surface area contributed by atoms with Gasteiger partial charge in [0, 0.05) is 0 Å². The van der Waals surface area contributed by atoms with Crippen LogP contribution in [-0.2, 0) is 14.4 Å². The molecular weight excluding hydrogens is 368 g/mol. The van der Waals surface area contributed by atoms with Crippen LogP contribution in [0.4, 0.5) is 0 Å². The van der Waals surface area contributed by atoms with Gasteiger partial charge in [-0.25, -0.2) is 0 Å². The number of aliphatic hydroxyl groups is 1. The lowest BCUT2D eigenvalue weighted by Crippen LogP contribution is -2.57. The fourth-order valence-corrected chi connectivity index (χ4v) is 7.48. The Hall–Kier alpha value is -1.75. The molecule has 3 saturated carbocycles. The highest BCUT2D eigenvalue weighted by Gasteiger charge is 2.63. The number of carboxylic acid groups (broad SMARTS) is 1. The van der Waals surface area contributed by atoms with Crippen LogP contribution in [0.15, 0.2) is 23.8 Å². The Kier molecular flexibility index (Phi) is 4.69. The van der Waals surface area contributed by atoms with E-state index in [1.807, 2.05) is 6.92 Å². The third kappa shape index (κ3) is 2.73. The van der Waals surface area contributed by atoms with E-state index in [1.165, 1.54) is 0 Å². The maximum absolute atomic E-state index is 13.1. The molecule has 0 amide bonds. The number of carbonyl (C=O) groups is 3. The van der Waals surface area contributed by atoms with E-state index in [2.05, 4.69) is 13.5 Å². The van der Waals surface area contributed by atoms with E-state index in [1.54, 1.807) is 13.0 Å². The first-order valence-electron chi connectivity index (χ1n) is 10.9. The van der Waals surface area contributed by atoms with Gasteiger partial charge in [-0.05, 0) is 86.2 Å². The van der Waals surface area contributed by atoms with E-state index in [-0.39, 0.29) is 23.2 Å². The molecule has 158 valence electrons. The Balaban J connectivity index is 1.68. The van der Waals surface area contributed by atoms with Gasteiger partial charge in [-0.3, -0.25) is 14.4 Å². The third-order valence-electron chi connectivity index (χ3n) is 9.15. The number of ketones is 2. The first-order valence-corrected chi connectivity index (χ1v) is 10.9. The first kappa shape index (κ1) is 20.5. The normalized spacial score (nSPS) is 45.2. The average Bonchev–Trinajstić information content (AvgIpc) is 2.99. The molecule has 29 heavy (non-hydrogen) atoms. The Labute approximate surface area is 172 Å². The van der Waals surface area contributed by atoms with Crippen LogP contribution >= 0.6 is 0 Å². The predicted octanol–water partition coefficient (Wildman–Crippen LogP) is 3.56. The number of carboxylic acids is 1. The lowest BCUT2D eigenvalue weighted by atomic mass is 9.45. The maximum atomic E-state index is 13.1. The molecule has 0 aliphatic heterocycles. The zero-order chi connectivity index (χ0) is 21.3. The summed E-state index contributed by atoms with van der Waals surface area (Å²) in [6, 6.07) is 0. The molecule has 5 heteroatoms. The largest absolute Gasteiger partial charge is 0.481 e. The predicted molar refractivity (Wildman–Crippen MR) is 108 cm³/mol. The van der Waals surface area contributed by atoms with Gasteiger partial charge >= 0.3 is 5.97 Å². The van der Waals surface area contributed by atoms with Crippen molar-refractivity contribution in [1.82, 2.24) is 0 Å². The molecule has 0 spiro atoms. The second kappa shape index (κ2) is 6.63. The van der Waals surface area contributed by atoms with Crippen molar-refractivity contribution in [3.8, 4) is 0 Å². The number of aliphatic hydroxyl groups excluding tert-OH is 1. The first-order chi connectivity index (χ1) is 13.5. The summed E-state index contributed by atoms with van der Waals surface area (Å²) in [5.41, 5.74) is 0.836. The second-order valence-electron chi connectivity index (χ2n) is 10.4. The molecule has 0 aromatic heterocycles. The van der Waals surface area contributed by atoms with Crippen LogP contribution in [0, 0.1) is 40.4 Å². The van der Waals surface area contributed by atoms with Gasteiger partial charge in [-0.1, -0.05) is 26.0 Å². The van der Waals surface area contributed by atoms with Gasteiger partial charge in [0.15, 0.2) is 0 Å². The molecule has 4 aliphatic rings. The lowest BCUT2D eigenvalue weighted by molar-refractivity contribution is -0.151. The van der Waals surface area contributed by atoms with Gasteiger partial charge in [-0.15, -0.1) is 0 Å². The van der Waals surface area contributed by atoms with E-state index in [4.69, 9.17) is 0 Å². The molecule has 2 N–H and O–H groups in total. The van der Waals surface area contributed by atoms with Crippen LogP contribution in [-0.4, -0.2) is 33.9 Å². The Bertz CT molecular complexity index is 825. The molecule has 0 aromatic carbocycles.